The molecule has 1 N–H and O–H groups in total. The lowest BCUT2D eigenvalue weighted by Crippen LogP contribution is -2.49. The highest BCUT2D eigenvalue weighted by Crippen LogP contribution is 2.56. The molecule has 1 rings (SSSR count). The van der Waals surface area contributed by atoms with Gasteiger partial charge in [0.25, 0.3) is 0 Å². The molecule has 0 unspecified atom stereocenters. The molecule has 0 saturated heterocycles. The third kappa shape index (κ3) is 5.05. The predicted molar refractivity (Wildman–Crippen MR) is 88.2 cm³/mol. The van der Waals surface area contributed by atoms with E-state index in [1.807, 2.05) is 0 Å². The quantitative estimate of drug-likeness (QED) is 0.620. The van der Waals surface area contributed by atoms with Crippen LogP contribution in [0.15, 0.2) is 24.3 Å². The number of rotatable bonds is 6. The predicted octanol–water partition coefficient (Wildman–Crippen LogP) is 4.13. The molecule has 1 atom stereocenters. The first-order chi connectivity index (χ1) is 10.4. The average molecular weight is 345 g/mol. The van der Waals surface area contributed by atoms with Crippen LogP contribution < -0.4 is 9.61 Å². The van der Waals surface area contributed by atoms with Gasteiger partial charge in [0.05, 0.1) is 11.8 Å². The van der Waals surface area contributed by atoms with Crippen molar-refractivity contribution in [2.75, 3.05) is 6.61 Å². The summed E-state index contributed by atoms with van der Waals surface area (Å²) in [4.78, 5) is 12.1. The van der Waals surface area contributed by atoms with Crippen molar-refractivity contribution in [2.24, 2.45) is 0 Å². The minimum atomic E-state index is -3.51. The molecule has 0 aliphatic rings. The Labute approximate surface area is 137 Å². The summed E-state index contributed by atoms with van der Waals surface area (Å²) < 4.78 is 37.1. The molecule has 23 heavy (non-hydrogen) atoms. The van der Waals surface area contributed by atoms with Gasteiger partial charge in [-0.2, -0.15) is 0 Å². The number of hydrogen-bond donors (Lipinski definition) is 1. The van der Waals surface area contributed by atoms with Gasteiger partial charge in [0.2, 0.25) is 0 Å². The first-order valence-electron chi connectivity index (χ1n) is 7.43. The van der Waals surface area contributed by atoms with Gasteiger partial charge in [-0.3, -0.25) is 9.36 Å². The third-order valence-electron chi connectivity index (χ3n) is 3.14. The van der Waals surface area contributed by atoms with Crippen LogP contribution in [0.2, 0.25) is 0 Å². The van der Waals surface area contributed by atoms with Gasteiger partial charge < -0.3 is 9.26 Å². The second-order valence-electron chi connectivity index (χ2n) is 6.72. The van der Waals surface area contributed by atoms with E-state index in [1.165, 1.54) is 24.3 Å². The molecule has 5 nitrogen and oxygen atoms in total. The summed E-state index contributed by atoms with van der Waals surface area (Å²) in [5, 5.41) is 2.04. The normalized spacial score (nSPS) is 14.9. The van der Waals surface area contributed by atoms with E-state index in [9.17, 15) is 13.8 Å². The topological polar surface area (TPSA) is 64.6 Å². The van der Waals surface area contributed by atoms with E-state index in [4.69, 9.17) is 9.26 Å². The minimum absolute atomic E-state index is 0.225. The molecule has 0 saturated carbocycles. The molecule has 130 valence electrons. The Hall–Kier alpha value is -1.39. The fourth-order valence-electron chi connectivity index (χ4n) is 1.70. The van der Waals surface area contributed by atoms with Crippen molar-refractivity contribution in [3.8, 4) is 5.75 Å². The van der Waals surface area contributed by atoms with Crippen LogP contribution in [0.25, 0.3) is 0 Å². The van der Waals surface area contributed by atoms with Crippen LogP contribution in [0.5, 0.6) is 5.75 Å². The smallest absolute Gasteiger partial charge is 0.326 e. The zero-order valence-electron chi connectivity index (χ0n) is 14.5. The Kier molecular flexibility index (Phi) is 6.00. The highest BCUT2D eigenvalue weighted by molar-refractivity contribution is 7.59. The Bertz CT molecular complexity index is 593. The van der Waals surface area contributed by atoms with Crippen LogP contribution >= 0.6 is 7.52 Å². The zero-order chi connectivity index (χ0) is 17.9. The maximum atomic E-state index is 13.4. The number of esters is 1. The molecule has 0 bridgehead atoms. The molecule has 0 aliphatic carbocycles. The molecule has 0 aliphatic heterocycles. The maximum Gasteiger partial charge on any atom is 0.326 e. The summed E-state index contributed by atoms with van der Waals surface area (Å²) in [6, 6.07) is 5.23. The summed E-state index contributed by atoms with van der Waals surface area (Å²) in [6.45, 7) is 10.3. The largest absolute Gasteiger partial charge is 0.465 e. The molecule has 1 aromatic carbocycles. The Morgan fingerprint density at radius 3 is 2.13 bits per heavy atom. The standard InChI is InChI=1S/C16H25FNO4P/c1-7-21-14(19)16(5,6)18-23(20,15(2,3)4)22-13-10-8-12(17)9-11-13/h8-11H,7H2,1-6H3,(H,18,20)/t23-/m1/s1. The van der Waals surface area contributed by atoms with Crippen LogP contribution in [-0.2, 0) is 14.1 Å². The van der Waals surface area contributed by atoms with Crippen LogP contribution in [-0.4, -0.2) is 23.3 Å². The maximum absolute atomic E-state index is 13.4. The molecule has 1 aromatic rings. The number of benzene rings is 1. The summed E-state index contributed by atoms with van der Waals surface area (Å²) in [5.74, 6) is -0.674. The van der Waals surface area contributed by atoms with Gasteiger partial charge >= 0.3 is 13.5 Å². The van der Waals surface area contributed by atoms with Gasteiger partial charge in [0, 0.05) is 0 Å². The Morgan fingerprint density at radius 1 is 1.17 bits per heavy atom. The van der Waals surface area contributed by atoms with E-state index in [0.29, 0.717) is 0 Å². The molecule has 7 heteroatoms. The van der Waals surface area contributed by atoms with Crippen LogP contribution in [0, 0.1) is 5.82 Å². The van der Waals surface area contributed by atoms with Gasteiger partial charge in [0.1, 0.15) is 17.1 Å². The summed E-state index contributed by atoms with van der Waals surface area (Å²) in [5.41, 5.74) is -1.20. The Morgan fingerprint density at radius 2 is 1.70 bits per heavy atom. The van der Waals surface area contributed by atoms with E-state index < -0.39 is 30.0 Å². The van der Waals surface area contributed by atoms with Crippen molar-refractivity contribution < 1.29 is 23.0 Å². The van der Waals surface area contributed by atoms with Crippen molar-refractivity contribution in [2.45, 2.75) is 52.2 Å². The highest BCUT2D eigenvalue weighted by atomic mass is 31.2. The first kappa shape index (κ1) is 19.7. The van der Waals surface area contributed by atoms with Crippen LogP contribution in [0.1, 0.15) is 41.5 Å². The van der Waals surface area contributed by atoms with E-state index >= 15 is 0 Å². The first-order valence-corrected chi connectivity index (χ1v) is 9.06. The summed E-state index contributed by atoms with van der Waals surface area (Å²) >= 11 is 0. The molecule has 0 radical (unpaired) electrons. The number of hydrogen-bond acceptors (Lipinski definition) is 4. The van der Waals surface area contributed by atoms with Crippen molar-refractivity contribution in [1.29, 1.82) is 0 Å². The molecule has 0 fully saturated rings. The van der Waals surface area contributed by atoms with Crippen molar-refractivity contribution in [3.63, 3.8) is 0 Å². The lowest BCUT2D eigenvalue weighted by Gasteiger charge is -2.36. The second kappa shape index (κ2) is 7.02. The second-order valence-corrected chi connectivity index (χ2v) is 9.58. The minimum Gasteiger partial charge on any atom is -0.465 e. The van der Waals surface area contributed by atoms with Crippen molar-refractivity contribution in [3.05, 3.63) is 30.1 Å². The molecule has 0 spiro atoms. The summed E-state index contributed by atoms with van der Waals surface area (Å²) in [7, 11) is -3.51. The number of halogens is 1. The van der Waals surface area contributed by atoms with Crippen LogP contribution in [0.3, 0.4) is 0 Å². The average Bonchev–Trinajstić information content (AvgIpc) is 2.40. The SMILES string of the molecule is CCOC(=O)C(C)(C)N[P@](=O)(Oc1ccc(F)cc1)C(C)(C)C. The number of nitrogens with one attached hydrogen (secondary N) is 1. The van der Waals surface area contributed by atoms with E-state index in [0.717, 1.165) is 0 Å². The monoisotopic (exact) mass is 345 g/mol. The fraction of sp³-hybridized carbons (Fsp3) is 0.562. The zero-order valence-corrected chi connectivity index (χ0v) is 15.4. The van der Waals surface area contributed by atoms with Crippen LogP contribution in [0.4, 0.5) is 4.39 Å². The van der Waals surface area contributed by atoms with Gasteiger partial charge in [-0.05, 0) is 65.8 Å². The number of carbonyl (C=O) groups excluding carboxylic acids is 1. The van der Waals surface area contributed by atoms with Crippen molar-refractivity contribution in [1.82, 2.24) is 5.09 Å². The highest BCUT2D eigenvalue weighted by Gasteiger charge is 2.46. The van der Waals surface area contributed by atoms with Gasteiger partial charge in [-0.15, -0.1) is 0 Å². The van der Waals surface area contributed by atoms with Gasteiger partial charge in [-0.25, -0.2) is 9.48 Å². The Balaban J connectivity index is 3.11. The van der Waals surface area contributed by atoms with Crippen molar-refractivity contribution >= 4 is 13.5 Å². The van der Waals surface area contributed by atoms with E-state index in [-0.39, 0.29) is 12.4 Å². The molecule has 0 amide bonds. The summed E-state index contributed by atoms with van der Waals surface area (Å²) in [6.07, 6.45) is 0. The lowest BCUT2D eigenvalue weighted by molar-refractivity contribution is -0.149. The van der Waals surface area contributed by atoms with E-state index in [2.05, 4.69) is 5.09 Å². The molecule has 0 heterocycles. The number of ether oxygens (including phenoxy) is 1. The van der Waals surface area contributed by atoms with E-state index in [1.54, 1.807) is 41.5 Å². The fourth-order valence-corrected chi connectivity index (χ4v) is 3.60. The lowest BCUT2D eigenvalue weighted by atomic mass is 10.1. The third-order valence-corrected chi connectivity index (χ3v) is 6.23. The molecular formula is C16H25FNO4P. The molecule has 0 aromatic heterocycles. The number of carbonyl (C=O) groups is 1. The van der Waals surface area contributed by atoms with Gasteiger partial charge in [-0.1, -0.05) is 0 Å². The molecular weight excluding hydrogens is 320 g/mol. The van der Waals surface area contributed by atoms with Gasteiger partial charge in [0.15, 0.2) is 0 Å².